The lowest BCUT2D eigenvalue weighted by Crippen LogP contribution is -2.36. The van der Waals surface area contributed by atoms with Crippen molar-refractivity contribution in [1.82, 2.24) is 4.90 Å². The first-order valence-corrected chi connectivity index (χ1v) is 9.84. The third-order valence-corrected chi connectivity index (χ3v) is 6.13. The number of amides is 2. The summed E-state index contributed by atoms with van der Waals surface area (Å²) in [5, 5.41) is 5.34. The van der Waals surface area contributed by atoms with Crippen LogP contribution in [-0.4, -0.2) is 27.6 Å². The summed E-state index contributed by atoms with van der Waals surface area (Å²) in [4.78, 5) is 27.4. The molecule has 3 rings (SSSR count). The molecule has 1 aliphatic heterocycles. The largest absolute Gasteiger partial charge is 0.324 e. The van der Waals surface area contributed by atoms with Gasteiger partial charge in [-0.05, 0) is 35.7 Å². The minimum absolute atomic E-state index is 0.160. The standard InChI is InChI=1S/C16H10Cl2N2O2S3/c17-11-4-3-9(6-12(11)18)19-14(21)8-20-15(22)13(25-16(20)23)7-10-2-1-5-24-10/h1-7H,8H2,(H,19,21). The molecule has 0 saturated carbocycles. The zero-order valence-electron chi connectivity index (χ0n) is 12.5. The molecular weight excluding hydrogens is 419 g/mol. The van der Waals surface area contributed by atoms with Gasteiger partial charge in [-0.1, -0.05) is 53.2 Å². The van der Waals surface area contributed by atoms with Crippen molar-refractivity contribution in [1.29, 1.82) is 0 Å². The van der Waals surface area contributed by atoms with Crippen molar-refractivity contribution in [2.75, 3.05) is 11.9 Å². The molecule has 1 aromatic heterocycles. The Morgan fingerprint density at radius 1 is 1.28 bits per heavy atom. The number of hydrogen-bond acceptors (Lipinski definition) is 5. The monoisotopic (exact) mass is 428 g/mol. The highest BCUT2D eigenvalue weighted by molar-refractivity contribution is 8.26. The van der Waals surface area contributed by atoms with E-state index in [9.17, 15) is 9.59 Å². The quantitative estimate of drug-likeness (QED) is 0.555. The van der Waals surface area contributed by atoms with E-state index in [0.29, 0.717) is 25.0 Å². The zero-order valence-corrected chi connectivity index (χ0v) is 16.5. The highest BCUT2D eigenvalue weighted by atomic mass is 35.5. The molecule has 2 aromatic rings. The van der Waals surface area contributed by atoms with Gasteiger partial charge in [0.25, 0.3) is 5.91 Å². The Morgan fingerprint density at radius 2 is 2.08 bits per heavy atom. The van der Waals surface area contributed by atoms with E-state index in [-0.39, 0.29) is 18.4 Å². The second-order valence-corrected chi connectivity index (χ2v) is 8.43. The lowest BCUT2D eigenvalue weighted by Gasteiger charge is -2.14. The number of halogens is 2. The van der Waals surface area contributed by atoms with Gasteiger partial charge in [0.05, 0.1) is 15.0 Å². The molecular formula is C16H10Cl2N2O2S3. The van der Waals surface area contributed by atoms with Crippen molar-refractivity contribution in [2.45, 2.75) is 0 Å². The summed E-state index contributed by atoms with van der Waals surface area (Å²) in [5.41, 5.74) is 0.499. The van der Waals surface area contributed by atoms with Crippen LogP contribution >= 0.6 is 58.5 Å². The highest BCUT2D eigenvalue weighted by Crippen LogP contribution is 2.33. The van der Waals surface area contributed by atoms with Crippen molar-refractivity contribution in [3.05, 3.63) is 55.5 Å². The Hall–Kier alpha value is -1.38. The van der Waals surface area contributed by atoms with E-state index in [2.05, 4.69) is 5.32 Å². The first kappa shape index (κ1) is 18.4. The third kappa shape index (κ3) is 4.43. The van der Waals surface area contributed by atoms with Crippen LogP contribution < -0.4 is 5.32 Å². The number of anilines is 1. The molecule has 0 radical (unpaired) electrons. The molecule has 1 aliphatic rings. The first-order chi connectivity index (χ1) is 11.9. The smallest absolute Gasteiger partial charge is 0.266 e. The minimum atomic E-state index is -0.368. The first-order valence-electron chi connectivity index (χ1n) is 6.98. The van der Waals surface area contributed by atoms with Gasteiger partial charge in [0, 0.05) is 10.6 Å². The number of thiophene rings is 1. The molecule has 128 valence electrons. The molecule has 0 atom stereocenters. The number of hydrogen-bond donors (Lipinski definition) is 1. The van der Waals surface area contributed by atoms with Crippen LogP contribution in [-0.2, 0) is 9.59 Å². The maximum atomic E-state index is 12.5. The number of nitrogens with zero attached hydrogens (tertiary/aromatic N) is 1. The van der Waals surface area contributed by atoms with E-state index < -0.39 is 0 Å². The molecule has 0 spiro atoms. The molecule has 1 aromatic carbocycles. The molecule has 0 aliphatic carbocycles. The van der Waals surface area contributed by atoms with E-state index in [4.69, 9.17) is 35.4 Å². The average molecular weight is 429 g/mol. The summed E-state index contributed by atoms with van der Waals surface area (Å²) in [7, 11) is 0. The minimum Gasteiger partial charge on any atom is -0.324 e. The molecule has 25 heavy (non-hydrogen) atoms. The second kappa shape index (κ2) is 7.88. The third-order valence-electron chi connectivity index (χ3n) is 3.20. The number of carbonyl (C=O) groups is 2. The van der Waals surface area contributed by atoms with E-state index in [1.807, 2.05) is 17.5 Å². The van der Waals surface area contributed by atoms with Gasteiger partial charge in [0.15, 0.2) is 0 Å². The highest BCUT2D eigenvalue weighted by Gasteiger charge is 2.33. The van der Waals surface area contributed by atoms with Gasteiger partial charge in [-0.25, -0.2) is 0 Å². The number of benzene rings is 1. The molecule has 1 fully saturated rings. The van der Waals surface area contributed by atoms with Crippen LogP contribution in [0.4, 0.5) is 5.69 Å². The second-order valence-electron chi connectivity index (χ2n) is 4.96. The topological polar surface area (TPSA) is 49.4 Å². The number of rotatable bonds is 4. The van der Waals surface area contributed by atoms with Crippen molar-refractivity contribution in [3.63, 3.8) is 0 Å². The maximum Gasteiger partial charge on any atom is 0.266 e. The Bertz CT molecular complexity index is 882. The van der Waals surface area contributed by atoms with E-state index in [0.717, 1.165) is 4.88 Å². The molecule has 4 nitrogen and oxygen atoms in total. The van der Waals surface area contributed by atoms with Crippen LogP contribution in [0.15, 0.2) is 40.6 Å². The fraction of sp³-hybridized carbons (Fsp3) is 0.0625. The predicted molar refractivity (Wildman–Crippen MR) is 109 cm³/mol. The average Bonchev–Trinajstić information content (AvgIpc) is 3.15. The Balaban J connectivity index is 1.67. The van der Waals surface area contributed by atoms with Gasteiger partial charge in [-0.2, -0.15) is 0 Å². The van der Waals surface area contributed by atoms with Crippen LogP contribution in [0, 0.1) is 0 Å². The molecule has 2 amide bonds. The summed E-state index contributed by atoms with van der Waals surface area (Å²) in [5.74, 6) is -0.639. The number of thiocarbonyl (C=S) groups is 1. The van der Waals surface area contributed by atoms with Crippen molar-refractivity contribution >= 4 is 86.4 Å². The molecule has 0 bridgehead atoms. The van der Waals surface area contributed by atoms with Gasteiger partial charge >= 0.3 is 0 Å². The molecule has 1 saturated heterocycles. The van der Waals surface area contributed by atoms with Gasteiger partial charge in [0.2, 0.25) is 5.91 Å². The SMILES string of the molecule is O=C(CN1C(=O)C(=Cc2cccs2)SC1=S)Nc1ccc(Cl)c(Cl)c1. The van der Waals surface area contributed by atoms with Crippen LogP contribution in [0.5, 0.6) is 0 Å². The zero-order chi connectivity index (χ0) is 18.0. The van der Waals surface area contributed by atoms with E-state index >= 15 is 0 Å². The number of carbonyl (C=O) groups excluding carboxylic acids is 2. The normalized spacial score (nSPS) is 15.9. The van der Waals surface area contributed by atoms with Crippen molar-refractivity contribution < 1.29 is 9.59 Å². The lowest BCUT2D eigenvalue weighted by atomic mass is 10.3. The van der Waals surface area contributed by atoms with Crippen LogP contribution in [0.25, 0.3) is 6.08 Å². The number of nitrogens with one attached hydrogen (secondary N) is 1. The van der Waals surface area contributed by atoms with Gasteiger partial charge < -0.3 is 5.32 Å². The summed E-state index contributed by atoms with van der Waals surface area (Å²) >= 11 is 19.7. The number of thioether (sulfide) groups is 1. The molecule has 0 unspecified atom stereocenters. The van der Waals surface area contributed by atoms with Gasteiger partial charge in [-0.15, -0.1) is 11.3 Å². The molecule has 9 heteroatoms. The summed E-state index contributed by atoms with van der Waals surface area (Å²) in [6.07, 6.45) is 1.78. The summed E-state index contributed by atoms with van der Waals surface area (Å²) in [6.45, 7) is -0.160. The Morgan fingerprint density at radius 3 is 2.76 bits per heavy atom. The molecule has 2 heterocycles. The van der Waals surface area contributed by atoms with Crippen LogP contribution in [0.2, 0.25) is 10.0 Å². The van der Waals surface area contributed by atoms with Crippen molar-refractivity contribution in [2.24, 2.45) is 0 Å². The van der Waals surface area contributed by atoms with Gasteiger partial charge in [0.1, 0.15) is 10.9 Å². The predicted octanol–water partition coefficient (Wildman–Crippen LogP) is 4.89. The fourth-order valence-corrected chi connectivity index (χ4v) is 4.33. The maximum absolute atomic E-state index is 12.5. The summed E-state index contributed by atoms with van der Waals surface area (Å²) in [6, 6.07) is 8.58. The van der Waals surface area contributed by atoms with Crippen LogP contribution in [0.1, 0.15) is 4.88 Å². The Kier molecular flexibility index (Phi) is 5.81. The van der Waals surface area contributed by atoms with E-state index in [1.165, 1.54) is 28.0 Å². The Labute approximate surface area is 167 Å². The lowest BCUT2D eigenvalue weighted by molar-refractivity contribution is -0.126. The molecule has 1 N–H and O–H groups in total. The summed E-state index contributed by atoms with van der Waals surface area (Å²) < 4.78 is 0.358. The van der Waals surface area contributed by atoms with Gasteiger partial charge in [-0.3, -0.25) is 14.5 Å². The van der Waals surface area contributed by atoms with Crippen LogP contribution in [0.3, 0.4) is 0 Å². The van der Waals surface area contributed by atoms with E-state index in [1.54, 1.807) is 24.3 Å². The fourth-order valence-electron chi connectivity index (χ4n) is 2.06. The van der Waals surface area contributed by atoms with Crippen molar-refractivity contribution in [3.8, 4) is 0 Å².